The first kappa shape index (κ1) is 15.9. The van der Waals surface area contributed by atoms with Crippen molar-refractivity contribution in [2.75, 3.05) is 18.9 Å². The summed E-state index contributed by atoms with van der Waals surface area (Å²) in [4.78, 5) is 4.15. The molecular formula is C12H23N3OS2. The van der Waals surface area contributed by atoms with E-state index in [1.165, 1.54) is 11.5 Å². The molecule has 0 aromatic carbocycles. The Balaban J connectivity index is 2.28. The van der Waals surface area contributed by atoms with Gasteiger partial charge in [-0.15, -0.1) is 0 Å². The van der Waals surface area contributed by atoms with Crippen molar-refractivity contribution < 1.29 is 5.11 Å². The van der Waals surface area contributed by atoms with Crippen LogP contribution in [0.3, 0.4) is 0 Å². The summed E-state index contributed by atoms with van der Waals surface area (Å²) in [7, 11) is 0. The average molecular weight is 289 g/mol. The summed E-state index contributed by atoms with van der Waals surface area (Å²) in [5.74, 6) is 1.03. The zero-order chi connectivity index (χ0) is 13.3. The van der Waals surface area contributed by atoms with Gasteiger partial charge in [0.05, 0.1) is 6.61 Å². The van der Waals surface area contributed by atoms with Crippen molar-refractivity contribution in [3.05, 3.63) is 6.33 Å². The third-order valence-electron chi connectivity index (χ3n) is 3.10. The normalized spacial score (nSPS) is 14.6. The second-order valence-electron chi connectivity index (χ2n) is 4.38. The van der Waals surface area contributed by atoms with Crippen LogP contribution in [0.25, 0.3) is 0 Å². The summed E-state index contributed by atoms with van der Waals surface area (Å²) in [6.45, 7) is 5.47. The van der Waals surface area contributed by atoms with Crippen LogP contribution < -0.4 is 5.32 Å². The van der Waals surface area contributed by atoms with Crippen molar-refractivity contribution in [3.63, 3.8) is 0 Å². The van der Waals surface area contributed by atoms with E-state index in [1.807, 2.05) is 0 Å². The Morgan fingerprint density at radius 1 is 1.50 bits per heavy atom. The molecule has 0 saturated heterocycles. The summed E-state index contributed by atoms with van der Waals surface area (Å²) in [6.07, 6.45) is 5.75. The molecule has 4 nitrogen and oxygen atoms in total. The van der Waals surface area contributed by atoms with E-state index in [0.717, 1.165) is 42.3 Å². The van der Waals surface area contributed by atoms with E-state index in [2.05, 4.69) is 28.5 Å². The molecule has 6 heteroatoms. The van der Waals surface area contributed by atoms with Crippen LogP contribution in [0.4, 0.5) is 0 Å². The summed E-state index contributed by atoms with van der Waals surface area (Å²) in [5.41, 5.74) is -0.0995. The maximum atomic E-state index is 9.60. The lowest BCUT2D eigenvalue weighted by Gasteiger charge is -2.32. The van der Waals surface area contributed by atoms with E-state index in [4.69, 9.17) is 0 Å². The highest BCUT2D eigenvalue weighted by molar-refractivity contribution is 8.00. The number of rotatable bonds is 10. The Morgan fingerprint density at radius 3 is 2.89 bits per heavy atom. The number of aromatic nitrogens is 2. The molecule has 0 spiro atoms. The molecule has 104 valence electrons. The molecule has 0 aliphatic heterocycles. The van der Waals surface area contributed by atoms with Gasteiger partial charge in [-0.05, 0) is 43.8 Å². The van der Waals surface area contributed by atoms with Gasteiger partial charge in [-0.1, -0.05) is 25.6 Å². The molecule has 18 heavy (non-hydrogen) atoms. The SMILES string of the molecule is CCCNC(CC)(CO)CCCSc1ncns1. The van der Waals surface area contributed by atoms with Gasteiger partial charge in [0.1, 0.15) is 6.33 Å². The minimum absolute atomic E-state index is 0.0995. The zero-order valence-corrected chi connectivity index (χ0v) is 12.8. The van der Waals surface area contributed by atoms with Crippen molar-refractivity contribution >= 4 is 23.3 Å². The molecule has 0 aliphatic carbocycles. The standard InChI is InChI=1S/C12H23N3OS2/c1-3-7-14-12(4-2,9-16)6-5-8-17-11-13-10-15-18-11/h10,14,16H,3-9H2,1-2H3. The monoisotopic (exact) mass is 289 g/mol. The van der Waals surface area contributed by atoms with Crippen LogP contribution in [0.5, 0.6) is 0 Å². The minimum Gasteiger partial charge on any atom is -0.394 e. The quantitative estimate of drug-likeness (QED) is 0.512. The lowest BCUT2D eigenvalue weighted by Crippen LogP contribution is -2.48. The van der Waals surface area contributed by atoms with Crippen molar-refractivity contribution in [3.8, 4) is 0 Å². The van der Waals surface area contributed by atoms with Gasteiger partial charge in [0.25, 0.3) is 0 Å². The zero-order valence-electron chi connectivity index (χ0n) is 11.2. The first-order chi connectivity index (χ1) is 8.76. The van der Waals surface area contributed by atoms with Gasteiger partial charge in [-0.3, -0.25) is 0 Å². The fourth-order valence-corrected chi connectivity index (χ4v) is 3.28. The largest absolute Gasteiger partial charge is 0.394 e. The van der Waals surface area contributed by atoms with Crippen molar-refractivity contribution in [2.45, 2.75) is 49.4 Å². The van der Waals surface area contributed by atoms with E-state index in [-0.39, 0.29) is 12.1 Å². The Kier molecular flexibility index (Phi) is 7.81. The fourth-order valence-electron chi connectivity index (χ4n) is 1.82. The van der Waals surface area contributed by atoms with E-state index < -0.39 is 0 Å². The van der Waals surface area contributed by atoms with E-state index in [0.29, 0.717) is 0 Å². The number of aliphatic hydroxyl groups excluding tert-OH is 1. The fraction of sp³-hybridized carbons (Fsp3) is 0.833. The van der Waals surface area contributed by atoms with E-state index in [9.17, 15) is 5.11 Å². The number of nitrogens with zero attached hydrogens (tertiary/aromatic N) is 2. The maximum Gasteiger partial charge on any atom is 0.169 e. The molecule has 0 aliphatic rings. The van der Waals surface area contributed by atoms with Gasteiger partial charge in [0.15, 0.2) is 4.34 Å². The van der Waals surface area contributed by atoms with Crippen LogP contribution in [0.1, 0.15) is 39.5 Å². The number of thioether (sulfide) groups is 1. The van der Waals surface area contributed by atoms with Crippen LogP contribution in [0.15, 0.2) is 10.7 Å². The third-order valence-corrected chi connectivity index (χ3v) is 4.98. The highest BCUT2D eigenvalue weighted by Gasteiger charge is 2.25. The Hall–Kier alpha value is -0.170. The first-order valence-electron chi connectivity index (χ1n) is 6.51. The van der Waals surface area contributed by atoms with Crippen LogP contribution in [-0.4, -0.2) is 38.9 Å². The molecule has 2 N–H and O–H groups in total. The molecule has 1 aromatic heterocycles. The second kappa shape index (κ2) is 8.85. The van der Waals surface area contributed by atoms with Gasteiger partial charge in [0, 0.05) is 11.3 Å². The molecule has 1 aromatic rings. The van der Waals surface area contributed by atoms with Crippen LogP contribution in [-0.2, 0) is 0 Å². The van der Waals surface area contributed by atoms with Gasteiger partial charge < -0.3 is 10.4 Å². The van der Waals surface area contributed by atoms with Crippen LogP contribution in [0.2, 0.25) is 0 Å². The highest BCUT2D eigenvalue weighted by atomic mass is 32.2. The maximum absolute atomic E-state index is 9.60. The first-order valence-corrected chi connectivity index (χ1v) is 8.27. The number of hydrogen-bond donors (Lipinski definition) is 2. The van der Waals surface area contributed by atoms with Gasteiger partial charge in [-0.2, -0.15) is 4.37 Å². The Labute approximate surface area is 118 Å². The van der Waals surface area contributed by atoms with Gasteiger partial charge in [0.2, 0.25) is 0 Å². The summed E-state index contributed by atoms with van der Waals surface area (Å²) in [5, 5.41) is 13.1. The molecule has 1 unspecified atom stereocenters. The average Bonchev–Trinajstić information content (AvgIpc) is 2.92. The minimum atomic E-state index is -0.0995. The predicted octanol–water partition coefficient (Wildman–Crippen LogP) is 2.55. The predicted molar refractivity (Wildman–Crippen MR) is 78.3 cm³/mol. The van der Waals surface area contributed by atoms with Crippen molar-refractivity contribution in [1.29, 1.82) is 0 Å². The molecule has 0 saturated carbocycles. The molecule has 0 radical (unpaired) electrons. The lowest BCUT2D eigenvalue weighted by atomic mass is 9.91. The van der Waals surface area contributed by atoms with E-state index in [1.54, 1.807) is 18.1 Å². The summed E-state index contributed by atoms with van der Waals surface area (Å²) >= 11 is 3.19. The second-order valence-corrected chi connectivity index (χ2v) is 6.50. The number of nitrogens with one attached hydrogen (secondary N) is 1. The number of aliphatic hydroxyl groups is 1. The topological polar surface area (TPSA) is 58.0 Å². The summed E-state index contributed by atoms with van der Waals surface area (Å²) in [6, 6.07) is 0. The summed E-state index contributed by atoms with van der Waals surface area (Å²) < 4.78 is 5.01. The van der Waals surface area contributed by atoms with Crippen LogP contribution >= 0.6 is 23.3 Å². The van der Waals surface area contributed by atoms with Gasteiger partial charge >= 0.3 is 0 Å². The third kappa shape index (κ3) is 5.22. The lowest BCUT2D eigenvalue weighted by molar-refractivity contribution is 0.146. The molecule has 0 amide bonds. The molecule has 1 atom stereocenters. The van der Waals surface area contributed by atoms with Crippen molar-refractivity contribution in [2.24, 2.45) is 0 Å². The number of hydrogen-bond acceptors (Lipinski definition) is 6. The molecule has 0 fully saturated rings. The molecule has 1 rings (SSSR count). The highest BCUT2D eigenvalue weighted by Crippen LogP contribution is 2.23. The molecule has 1 heterocycles. The smallest absolute Gasteiger partial charge is 0.169 e. The van der Waals surface area contributed by atoms with Crippen molar-refractivity contribution in [1.82, 2.24) is 14.7 Å². The molecule has 0 bridgehead atoms. The Morgan fingerprint density at radius 2 is 2.33 bits per heavy atom. The molecular weight excluding hydrogens is 266 g/mol. The Bertz CT molecular complexity index is 302. The van der Waals surface area contributed by atoms with Crippen LogP contribution in [0, 0.1) is 0 Å². The van der Waals surface area contributed by atoms with E-state index >= 15 is 0 Å². The van der Waals surface area contributed by atoms with Gasteiger partial charge in [-0.25, -0.2) is 4.98 Å².